The molecule has 0 spiro atoms. The number of ether oxygens (including phenoxy) is 1. The Balaban J connectivity index is 1.41. The molecule has 3 aliphatic rings. The molecule has 3 fully saturated rings. The van der Waals surface area contributed by atoms with E-state index in [2.05, 4.69) is 15.2 Å². The minimum atomic E-state index is 0.0634. The summed E-state index contributed by atoms with van der Waals surface area (Å²) in [6.45, 7) is 3.28. The van der Waals surface area contributed by atoms with Crippen LogP contribution in [0.15, 0.2) is 24.5 Å². The van der Waals surface area contributed by atoms with Crippen molar-refractivity contribution >= 4 is 5.91 Å². The van der Waals surface area contributed by atoms with E-state index in [1.165, 1.54) is 19.3 Å². The molecule has 1 aliphatic carbocycles. The molecule has 2 saturated heterocycles. The van der Waals surface area contributed by atoms with Crippen LogP contribution in [0.2, 0.25) is 0 Å². The highest BCUT2D eigenvalue weighted by atomic mass is 16.5. The van der Waals surface area contributed by atoms with Crippen molar-refractivity contribution in [3.05, 3.63) is 30.1 Å². The number of amides is 1. The van der Waals surface area contributed by atoms with Crippen molar-refractivity contribution in [1.29, 1.82) is 0 Å². The molecule has 1 amide bonds. The van der Waals surface area contributed by atoms with Gasteiger partial charge in [0, 0.05) is 50.6 Å². The number of rotatable bonds is 4. The van der Waals surface area contributed by atoms with E-state index in [0.29, 0.717) is 18.5 Å². The van der Waals surface area contributed by atoms with Gasteiger partial charge in [0.05, 0.1) is 12.0 Å². The first-order chi connectivity index (χ1) is 11.3. The largest absolute Gasteiger partial charge is 0.377 e. The van der Waals surface area contributed by atoms with Crippen molar-refractivity contribution in [1.82, 2.24) is 15.2 Å². The summed E-state index contributed by atoms with van der Waals surface area (Å²) in [5.41, 5.74) is 1.05. The van der Waals surface area contributed by atoms with Crippen molar-refractivity contribution in [2.45, 2.75) is 44.4 Å². The molecule has 5 heteroatoms. The Kier molecular flexibility index (Phi) is 4.31. The zero-order chi connectivity index (χ0) is 15.6. The van der Waals surface area contributed by atoms with Gasteiger partial charge in [0.25, 0.3) is 0 Å². The van der Waals surface area contributed by atoms with Gasteiger partial charge in [-0.25, -0.2) is 0 Å². The first-order valence-electron chi connectivity index (χ1n) is 8.83. The molecule has 3 heterocycles. The highest BCUT2D eigenvalue weighted by molar-refractivity contribution is 5.79. The van der Waals surface area contributed by atoms with Gasteiger partial charge in [0.2, 0.25) is 5.91 Å². The van der Waals surface area contributed by atoms with Crippen LogP contribution in [-0.2, 0) is 16.1 Å². The highest BCUT2D eigenvalue weighted by Gasteiger charge is 2.45. The van der Waals surface area contributed by atoms with Crippen molar-refractivity contribution in [3.8, 4) is 0 Å². The molecule has 1 N–H and O–H groups in total. The van der Waals surface area contributed by atoms with Gasteiger partial charge in [-0.05, 0) is 30.9 Å². The first kappa shape index (κ1) is 15.1. The number of aromatic nitrogens is 1. The average Bonchev–Trinajstić information content (AvgIpc) is 2.99. The monoisotopic (exact) mass is 315 g/mol. The van der Waals surface area contributed by atoms with Crippen molar-refractivity contribution in [2.75, 3.05) is 19.7 Å². The number of fused-ring (bicyclic) bond motifs is 1. The fourth-order valence-corrected chi connectivity index (χ4v) is 4.16. The van der Waals surface area contributed by atoms with E-state index in [0.717, 1.165) is 31.7 Å². The Morgan fingerprint density at radius 3 is 3.00 bits per heavy atom. The van der Waals surface area contributed by atoms with E-state index in [1.807, 2.05) is 18.3 Å². The van der Waals surface area contributed by atoms with Gasteiger partial charge in [-0.3, -0.25) is 14.7 Å². The Morgan fingerprint density at radius 2 is 2.26 bits per heavy atom. The number of pyridine rings is 1. The van der Waals surface area contributed by atoms with Crippen molar-refractivity contribution in [2.24, 2.45) is 11.8 Å². The Morgan fingerprint density at radius 1 is 1.35 bits per heavy atom. The minimum Gasteiger partial charge on any atom is -0.377 e. The number of hydrogen-bond acceptors (Lipinski definition) is 4. The summed E-state index contributed by atoms with van der Waals surface area (Å²) < 4.78 is 5.92. The molecule has 124 valence electrons. The molecule has 0 aromatic carbocycles. The number of carbonyl (C=O) groups is 1. The molecule has 0 radical (unpaired) electrons. The molecular weight excluding hydrogens is 290 g/mol. The zero-order valence-corrected chi connectivity index (χ0v) is 13.5. The SMILES string of the molecule is O=C(NCc1cccnc1)[C@@H]1CN(C2CCC2)C[C@@H]2OCC[C@@H]21. The van der Waals surface area contributed by atoms with Crippen LogP contribution in [0.5, 0.6) is 0 Å². The van der Waals surface area contributed by atoms with E-state index in [-0.39, 0.29) is 17.9 Å². The molecule has 1 aromatic heterocycles. The maximum absolute atomic E-state index is 12.8. The van der Waals surface area contributed by atoms with Gasteiger partial charge in [-0.15, -0.1) is 0 Å². The molecule has 0 bridgehead atoms. The predicted octanol–water partition coefficient (Wildman–Crippen LogP) is 1.59. The van der Waals surface area contributed by atoms with Crippen molar-refractivity contribution in [3.63, 3.8) is 0 Å². The molecule has 4 rings (SSSR count). The second kappa shape index (κ2) is 6.57. The van der Waals surface area contributed by atoms with Crippen LogP contribution in [0.4, 0.5) is 0 Å². The number of nitrogens with one attached hydrogen (secondary N) is 1. The van der Waals surface area contributed by atoms with Gasteiger partial charge in [-0.2, -0.15) is 0 Å². The Bertz CT molecular complexity index is 546. The lowest BCUT2D eigenvalue weighted by molar-refractivity contribution is -0.132. The summed E-state index contributed by atoms with van der Waals surface area (Å²) >= 11 is 0. The third-order valence-corrected chi connectivity index (χ3v) is 5.74. The number of piperidine rings is 1. The van der Waals surface area contributed by atoms with Crippen LogP contribution >= 0.6 is 0 Å². The van der Waals surface area contributed by atoms with E-state index >= 15 is 0 Å². The Hall–Kier alpha value is -1.46. The van der Waals surface area contributed by atoms with Crippen LogP contribution in [0.1, 0.15) is 31.2 Å². The molecule has 1 saturated carbocycles. The summed E-state index contributed by atoms with van der Waals surface area (Å²) in [4.78, 5) is 19.4. The van der Waals surface area contributed by atoms with E-state index in [1.54, 1.807) is 6.20 Å². The zero-order valence-electron chi connectivity index (χ0n) is 13.5. The van der Waals surface area contributed by atoms with Gasteiger partial charge in [0.15, 0.2) is 0 Å². The second-order valence-corrected chi connectivity index (χ2v) is 7.09. The molecule has 23 heavy (non-hydrogen) atoms. The molecule has 0 unspecified atom stereocenters. The molecular formula is C18H25N3O2. The van der Waals surface area contributed by atoms with E-state index < -0.39 is 0 Å². The third-order valence-electron chi connectivity index (χ3n) is 5.74. The highest BCUT2D eigenvalue weighted by Crippen LogP contribution is 2.37. The Labute approximate surface area is 137 Å². The lowest BCUT2D eigenvalue weighted by Gasteiger charge is -2.46. The smallest absolute Gasteiger partial charge is 0.225 e. The van der Waals surface area contributed by atoms with E-state index in [4.69, 9.17) is 4.74 Å². The van der Waals surface area contributed by atoms with Gasteiger partial charge >= 0.3 is 0 Å². The number of likely N-dealkylation sites (tertiary alicyclic amines) is 1. The fraction of sp³-hybridized carbons (Fsp3) is 0.667. The maximum Gasteiger partial charge on any atom is 0.225 e. The fourth-order valence-electron chi connectivity index (χ4n) is 4.16. The van der Waals surface area contributed by atoms with Crippen molar-refractivity contribution < 1.29 is 9.53 Å². The predicted molar refractivity (Wildman–Crippen MR) is 86.6 cm³/mol. The maximum atomic E-state index is 12.8. The van der Waals surface area contributed by atoms with Gasteiger partial charge in [0.1, 0.15) is 0 Å². The second-order valence-electron chi connectivity index (χ2n) is 7.09. The lowest BCUT2D eigenvalue weighted by Crippen LogP contribution is -2.56. The van der Waals surface area contributed by atoms with Crippen LogP contribution in [-0.4, -0.2) is 47.6 Å². The summed E-state index contributed by atoms with van der Waals surface area (Å²) in [7, 11) is 0. The molecule has 2 aliphatic heterocycles. The summed E-state index contributed by atoms with van der Waals surface area (Å²) in [6.07, 6.45) is 8.72. The number of carbonyl (C=O) groups excluding carboxylic acids is 1. The third kappa shape index (κ3) is 3.12. The normalized spacial score (nSPS) is 31.4. The van der Waals surface area contributed by atoms with Crippen LogP contribution < -0.4 is 5.32 Å². The molecule has 1 aromatic rings. The van der Waals surface area contributed by atoms with Crippen LogP contribution in [0.25, 0.3) is 0 Å². The standard InChI is InChI=1S/C18H25N3O2/c22-18(20-10-13-3-2-7-19-9-13)16-11-21(14-4-1-5-14)12-17-15(16)6-8-23-17/h2-3,7,9,14-17H,1,4-6,8,10-12H2,(H,20,22)/t15-,16-,17+/m1/s1. The van der Waals surface area contributed by atoms with Crippen LogP contribution in [0.3, 0.4) is 0 Å². The summed E-state index contributed by atoms with van der Waals surface area (Å²) in [5, 5.41) is 3.12. The van der Waals surface area contributed by atoms with Crippen LogP contribution in [0, 0.1) is 11.8 Å². The van der Waals surface area contributed by atoms with Gasteiger partial charge < -0.3 is 10.1 Å². The topological polar surface area (TPSA) is 54.5 Å². The molecule has 3 atom stereocenters. The first-order valence-corrected chi connectivity index (χ1v) is 8.83. The quantitative estimate of drug-likeness (QED) is 0.917. The minimum absolute atomic E-state index is 0.0634. The average molecular weight is 315 g/mol. The number of nitrogens with zero attached hydrogens (tertiary/aromatic N) is 2. The summed E-state index contributed by atoms with van der Waals surface area (Å²) in [5.74, 6) is 0.632. The number of hydrogen-bond donors (Lipinski definition) is 1. The lowest BCUT2D eigenvalue weighted by atomic mass is 9.79. The van der Waals surface area contributed by atoms with E-state index in [9.17, 15) is 4.79 Å². The molecule has 5 nitrogen and oxygen atoms in total. The summed E-state index contributed by atoms with van der Waals surface area (Å²) in [6, 6.07) is 4.58. The van der Waals surface area contributed by atoms with Gasteiger partial charge in [-0.1, -0.05) is 12.5 Å².